The molecule has 4 atom stereocenters. The van der Waals surface area contributed by atoms with Crippen LogP contribution >= 0.6 is 0 Å². The fourth-order valence-corrected chi connectivity index (χ4v) is 8.53. The number of sulfonamides is 1. The first kappa shape index (κ1) is 34.8. The van der Waals surface area contributed by atoms with E-state index in [-0.39, 0.29) is 29.3 Å². The second kappa shape index (κ2) is 15.7. The second-order valence-electron chi connectivity index (χ2n) is 12.9. The highest BCUT2D eigenvalue weighted by atomic mass is 32.2. The van der Waals surface area contributed by atoms with Gasteiger partial charge in [-0.1, -0.05) is 48.0 Å². The van der Waals surface area contributed by atoms with Crippen LogP contribution in [0, 0.1) is 6.92 Å². The Morgan fingerprint density at radius 1 is 1.06 bits per heavy atom. The smallest absolute Gasteiger partial charge is 0.243 e. The fourth-order valence-electron chi connectivity index (χ4n) is 6.88. The Balaban J connectivity index is 1.31. The molecule has 1 aromatic heterocycles. The average molecular weight is 691 g/mol. The molecule has 0 radical (unpaired) electrons. The molecule has 4 aromatic rings. The lowest BCUT2D eigenvalue weighted by Gasteiger charge is -2.44. The number of rotatable bonds is 14. The van der Waals surface area contributed by atoms with Crippen molar-refractivity contribution in [2.24, 2.45) is 0 Å². The number of ether oxygens (including phenoxy) is 4. The number of tetrazole rings is 1. The van der Waals surface area contributed by atoms with Gasteiger partial charge in [-0.2, -0.15) is 9.52 Å². The van der Waals surface area contributed by atoms with Crippen molar-refractivity contribution in [3.05, 3.63) is 89.2 Å². The summed E-state index contributed by atoms with van der Waals surface area (Å²) >= 11 is 0. The van der Waals surface area contributed by atoms with Crippen LogP contribution in [0.5, 0.6) is 11.5 Å². The van der Waals surface area contributed by atoms with Crippen molar-refractivity contribution in [3.63, 3.8) is 0 Å². The predicted octanol–water partition coefficient (Wildman–Crippen LogP) is 5.08. The minimum atomic E-state index is -3.87. The third kappa shape index (κ3) is 8.07. The molecule has 2 aliphatic rings. The van der Waals surface area contributed by atoms with Crippen LogP contribution in [0.25, 0.3) is 0 Å². The summed E-state index contributed by atoms with van der Waals surface area (Å²) < 4.78 is 53.9. The first-order chi connectivity index (χ1) is 23.8. The van der Waals surface area contributed by atoms with Gasteiger partial charge in [-0.15, -0.1) is 10.2 Å². The largest absolute Gasteiger partial charge is 0.497 e. The van der Waals surface area contributed by atoms with Crippen molar-refractivity contribution in [1.82, 2.24) is 24.9 Å². The van der Waals surface area contributed by atoms with E-state index in [2.05, 4.69) is 43.7 Å². The number of hydrogen-bond donors (Lipinski definition) is 1. The zero-order valence-corrected chi connectivity index (χ0v) is 29.4. The fraction of sp³-hybridized carbons (Fsp3) is 0.472. The molecule has 262 valence electrons. The summed E-state index contributed by atoms with van der Waals surface area (Å²) in [5.41, 5.74) is 4.10. The van der Waals surface area contributed by atoms with Crippen LogP contribution in [-0.4, -0.2) is 92.6 Å². The summed E-state index contributed by atoms with van der Waals surface area (Å²) in [4.78, 5) is 2.59. The molecular formula is C36H46N6O6S. The van der Waals surface area contributed by atoms with Gasteiger partial charge in [0.25, 0.3) is 0 Å². The Kier molecular flexibility index (Phi) is 11.1. The molecule has 0 saturated carbocycles. The van der Waals surface area contributed by atoms with Gasteiger partial charge in [-0.3, -0.25) is 0 Å². The monoisotopic (exact) mass is 690 g/mol. The van der Waals surface area contributed by atoms with E-state index in [1.54, 1.807) is 30.7 Å². The SMILES string of the molecule is COCCCN1CCOc2ccc(CO[C@H]3CN(S(=O)(=O)c4ccc(C)cc4)[C@@H](C[C@H](C)c4nn[nH]n4)C[C@@H]3c3ccc(OC)cc3)cc21. The van der Waals surface area contributed by atoms with E-state index in [0.717, 1.165) is 53.4 Å². The van der Waals surface area contributed by atoms with E-state index < -0.39 is 16.1 Å². The summed E-state index contributed by atoms with van der Waals surface area (Å²) in [5.74, 6) is 1.96. The van der Waals surface area contributed by atoms with Gasteiger partial charge in [0.2, 0.25) is 10.0 Å². The van der Waals surface area contributed by atoms with Crippen LogP contribution in [0.1, 0.15) is 60.5 Å². The normalized spacial score (nSPS) is 20.4. The Hall–Kier alpha value is -4.04. The number of hydrogen-bond acceptors (Lipinski definition) is 10. The molecule has 0 spiro atoms. The molecule has 3 heterocycles. The van der Waals surface area contributed by atoms with E-state index >= 15 is 0 Å². The first-order valence-corrected chi connectivity index (χ1v) is 18.3. The molecule has 6 rings (SSSR count). The molecule has 0 bridgehead atoms. The molecule has 1 saturated heterocycles. The molecule has 1 N–H and O–H groups in total. The number of nitrogens with one attached hydrogen (secondary N) is 1. The number of aromatic amines is 1. The quantitative estimate of drug-likeness (QED) is 0.179. The standard InChI is InChI=1S/C36H46N6O6S/c1-25-6-13-31(14-7-25)49(43,44)42-23-35(48-24-27-8-15-34-33(21-27)41(17-19-47-34)16-5-18-45-3)32(28-9-11-30(46-4)12-10-28)22-29(42)20-26(2)36-37-39-40-38-36/h6-15,21,26,29,32,35H,5,16-20,22-24H2,1-4H3,(H,37,38,39,40)/t26-,29-,32+,35-/m0/s1. The minimum absolute atomic E-state index is 0.0793. The number of aryl methyl sites for hydroxylation is 1. The van der Waals surface area contributed by atoms with Gasteiger partial charge in [0.05, 0.1) is 36.9 Å². The molecule has 3 aromatic carbocycles. The second-order valence-corrected chi connectivity index (χ2v) is 14.8. The van der Waals surface area contributed by atoms with Crippen LogP contribution in [0.3, 0.4) is 0 Å². The number of fused-ring (bicyclic) bond motifs is 1. The van der Waals surface area contributed by atoms with Gasteiger partial charge < -0.3 is 23.8 Å². The van der Waals surface area contributed by atoms with Gasteiger partial charge >= 0.3 is 0 Å². The van der Waals surface area contributed by atoms with E-state index in [1.807, 2.05) is 50.2 Å². The molecule has 13 heteroatoms. The van der Waals surface area contributed by atoms with Gasteiger partial charge in [-0.25, -0.2) is 8.42 Å². The van der Waals surface area contributed by atoms with Crippen molar-refractivity contribution in [2.75, 3.05) is 52.0 Å². The minimum Gasteiger partial charge on any atom is -0.497 e. The summed E-state index contributed by atoms with van der Waals surface area (Å²) in [7, 11) is -0.504. The predicted molar refractivity (Wildman–Crippen MR) is 186 cm³/mol. The highest BCUT2D eigenvalue weighted by Crippen LogP contribution is 2.41. The number of methoxy groups -OCH3 is 2. The van der Waals surface area contributed by atoms with Gasteiger partial charge in [0.1, 0.15) is 18.1 Å². The van der Waals surface area contributed by atoms with Crippen LogP contribution in [-0.2, 0) is 26.1 Å². The van der Waals surface area contributed by atoms with E-state index in [4.69, 9.17) is 18.9 Å². The van der Waals surface area contributed by atoms with Crippen LogP contribution in [0.4, 0.5) is 5.69 Å². The zero-order chi connectivity index (χ0) is 34.4. The lowest BCUT2D eigenvalue weighted by atomic mass is 9.81. The average Bonchev–Trinajstić information content (AvgIpc) is 3.67. The lowest BCUT2D eigenvalue weighted by Crippen LogP contribution is -2.52. The summed E-state index contributed by atoms with van der Waals surface area (Å²) in [5, 5.41) is 14.7. The maximum Gasteiger partial charge on any atom is 0.243 e. The number of nitrogens with zero attached hydrogens (tertiary/aromatic N) is 5. The van der Waals surface area contributed by atoms with Crippen LogP contribution in [0.15, 0.2) is 71.6 Å². The number of anilines is 1. The van der Waals surface area contributed by atoms with Gasteiger partial charge in [0, 0.05) is 44.7 Å². The number of benzene rings is 3. The van der Waals surface area contributed by atoms with E-state index in [9.17, 15) is 8.42 Å². The molecule has 0 unspecified atom stereocenters. The van der Waals surface area contributed by atoms with Crippen molar-refractivity contribution in [1.29, 1.82) is 0 Å². The lowest BCUT2D eigenvalue weighted by molar-refractivity contribution is -0.0215. The zero-order valence-electron chi connectivity index (χ0n) is 28.6. The summed E-state index contributed by atoms with van der Waals surface area (Å²) in [6, 6.07) is 20.8. The number of H-pyrrole nitrogens is 1. The molecular weight excluding hydrogens is 644 g/mol. The Morgan fingerprint density at radius 3 is 2.57 bits per heavy atom. The van der Waals surface area contributed by atoms with Gasteiger partial charge in [0.15, 0.2) is 5.82 Å². The molecule has 49 heavy (non-hydrogen) atoms. The van der Waals surface area contributed by atoms with Crippen LogP contribution in [0.2, 0.25) is 0 Å². The number of piperidine rings is 1. The Labute approximate surface area is 288 Å². The van der Waals surface area contributed by atoms with E-state index in [1.165, 1.54) is 0 Å². The topological polar surface area (TPSA) is 132 Å². The molecule has 2 aliphatic heterocycles. The molecule has 0 amide bonds. The maximum atomic E-state index is 14.4. The molecule has 12 nitrogen and oxygen atoms in total. The number of aromatic nitrogens is 4. The highest BCUT2D eigenvalue weighted by Gasteiger charge is 2.43. The Bertz CT molecular complexity index is 1750. The van der Waals surface area contributed by atoms with Crippen molar-refractivity contribution < 1.29 is 27.4 Å². The first-order valence-electron chi connectivity index (χ1n) is 16.8. The van der Waals surface area contributed by atoms with Crippen molar-refractivity contribution in [3.8, 4) is 11.5 Å². The van der Waals surface area contributed by atoms with Crippen molar-refractivity contribution >= 4 is 15.7 Å². The summed E-state index contributed by atoms with van der Waals surface area (Å²) in [6.45, 7) is 7.46. The third-order valence-electron chi connectivity index (χ3n) is 9.56. The Morgan fingerprint density at radius 2 is 1.86 bits per heavy atom. The molecule has 0 aliphatic carbocycles. The maximum absolute atomic E-state index is 14.4. The highest BCUT2D eigenvalue weighted by molar-refractivity contribution is 7.89. The van der Waals surface area contributed by atoms with Crippen LogP contribution < -0.4 is 14.4 Å². The van der Waals surface area contributed by atoms with Gasteiger partial charge in [-0.05, 0) is 73.7 Å². The van der Waals surface area contributed by atoms with E-state index in [0.29, 0.717) is 38.5 Å². The third-order valence-corrected chi connectivity index (χ3v) is 11.5. The summed E-state index contributed by atoms with van der Waals surface area (Å²) in [6.07, 6.45) is 1.57. The van der Waals surface area contributed by atoms with Crippen molar-refractivity contribution in [2.45, 2.75) is 68.6 Å². The molecule has 1 fully saturated rings.